The number of aliphatic imine (C=N–C) groups is 1. The Bertz CT molecular complexity index is 984. The summed E-state index contributed by atoms with van der Waals surface area (Å²) >= 11 is 0. The number of hydrogen-bond acceptors (Lipinski definition) is 7. The van der Waals surface area contributed by atoms with E-state index in [-0.39, 0.29) is 11.8 Å². The molecule has 2 aromatic rings. The van der Waals surface area contributed by atoms with Crippen molar-refractivity contribution in [1.82, 2.24) is 10.3 Å². The molecule has 1 saturated heterocycles. The van der Waals surface area contributed by atoms with Crippen LogP contribution in [0.2, 0.25) is 0 Å². The van der Waals surface area contributed by atoms with Crippen molar-refractivity contribution >= 4 is 23.1 Å². The van der Waals surface area contributed by atoms with Gasteiger partial charge in [-0.3, -0.25) is 4.79 Å². The largest absolute Gasteiger partial charge is 0.496 e. The third kappa shape index (κ3) is 4.76. The predicted molar refractivity (Wildman–Crippen MR) is 123 cm³/mol. The van der Waals surface area contributed by atoms with E-state index in [1.807, 2.05) is 12.1 Å². The van der Waals surface area contributed by atoms with Crippen LogP contribution in [0.25, 0.3) is 0 Å². The molecule has 1 unspecified atom stereocenters. The van der Waals surface area contributed by atoms with Gasteiger partial charge in [0.2, 0.25) is 0 Å². The number of hydrogen-bond donors (Lipinski definition) is 1. The Hall–Kier alpha value is -2.97. The fraction of sp³-hybridized carbons (Fsp3) is 0.458. The van der Waals surface area contributed by atoms with Crippen LogP contribution >= 0.6 is 0 Å². The van der Waals surface area contributed by atoms with Crippen LogP contribution in [0.1, 0.15) is 40.9 Å². The maximum atomic E-state index is 12.8. The quantitative estimate of drug-likeness (QED) is 0.715. The zero-order valence-electron chi connectivity index (χ0n) is 18.9. The second-order valence-electron chi connectivity index (χ2n) is 8.06. The standard InChI is InChI=1S/C24H30N4O4/c1-16(8-11-30-2)18-5-7-21(31-3)19-14-22(26-23(18)19)27-24(29)20-6-4-17(15-25-20)28-9-12-32-13-10-28/h4-7,15-16H,8-14H2,1-3H3,(H,26,27,29). The number of carbonyl (C=O) groups is 1. The maximum Gasteiger partial charge on any atom is 0.275 e. The van der Waals surface area contributed by atoms with E-state index in [2.05, 4.69) is 28.2 Å². The van der Waals surface area contributed by atoms with Crippen LogP contribution in [0.4, 0.5) is 11.4 Å². The highest BCUT2D eigenvalue weighted by atomic mass is 16.5. The van der Waals surface area contributed by atoms with Gasteiger partial charge in [-0.25, -0.2) is 9.98 Å². The number of methoxy groups -OCH3 is 2. The Labute approximate surface area is 188 Å². The van der Waals surface area contributed by atoms with Crippen LogP contribution in [0.5, 0.6) is 5.75 Å². The number of pyridine rings is 1. The summed E-state index contributed by atoms with van der Waals surface area (Å²) in [7, 11) is 3.36. The molecule has 170 valence electrons. The van der Waals surface area contributed by atoms with Crippen molar-refractivity contribution in [3.8, 4) is 5.75 Å². The number of aromatic nitrogens is 1. The van der Waals surface area contributed by atoms with Gasteiger partial charge in [-0.1, -0.05) is 13.0 Å². The predicted octanol–water partition coefficient (Wildman–Crippen LogP) is 3.08. The number of rotatable bonds is 7. The van der Waals surface area contributed by atoms with Crippen LogP contribution in [-0.4, -0.2) is 63.9 Å². The average Bonchev–Trinajstić information content (AvgIpc) is 3.26. The lowest BCUT2D eigenvalue weighted by molar-refractivity contribution is 0.0971. The Kier molecular flexibility index (Phi) is 7.02. The van der Waals surface area contributed by atoms with Gasteiger partial charge >= 0.3 is 0 Å². The SMILES string of the molecule is COCCC(C)c1ccc(OC)c2c1N=C(NC(=O)c1ccc(N3CCOCC3)cn1)C2. The molecular weight excluding hydrogens is 408 g/mol. The first-order valence-electron chi connectivity index (χ1n) is 11.0. The van der Waals surface area contributed by atoms with E-state index in [0.717, 1.165) is 47.8 Å². The number of carbonyl (C=O) groups excluding carboxylic acids is 1. The average molecular weight is 439 g/mol. The number of anilines is 1. The summed E-state index contributed by atoms with van der Waals surface area (Å²) in [6, 6.07) is 7.71. The summed E-state index contributed by atoms with van der Waals surface area (Å²) < 4.78 is 16.2. The topological polar surface area (TPSA) is 85.3 Å². The van der Waals surface area contributed by atoms with Crippen molar-refractivity contribution < 1.29 is 19.0 Å². The molecular formula is C24H30N4O4. The molecule has 1 aromatic heterocycles. The highest BCUT2D eigenvalue weighted by Crippen LogP contribution is 2.41. The number of nitrogens with one attached hydrogen (secondary N) is 1. The number of amides is 1. The number of fused-ring (bicyclic) bond motifs is 1. The van der Waals surface area contributed by atoms with E-state index in [1.165, 1.54) is 0 Å². The fourth-order valence-corrected chi connectivity index (χ4v) is 4.12. The number of nitrogens with zero attached hydrogens (tertiary/aromatic N) is 3. The zero-order valence-corrected chi connectivity index (χ0v) is 18.9. The Balaban J connectivity index is 1.48. The molecule has 0 radical (unpaired) electrons. The molecule has 1 fully saturated rings. The first-order chi connectivity index (χ1) is 15.6. The van der Waals surface area contributed by atoms with Crippen LogP contribution in [0, 0.1) is 0 Å². The smallest absolute Gasteiger partial charge is 0.275 e. The first-order valence-corrected chi connectivity index (χ1v) is 11.0. The normalized spacial score (nSPS) is 16.3. The first kappa shape index (κ1) is 22.2. The second-order valence-corrected chi connectivity index (χ2v) is 8.06. The summed E-state index contributed by atoms with van der Waals surface area (Å²) in [6.07, 6.45) is 3.15. The molecule has 8 nitrogen and oxygen atoms in total. The molecule has 0 saturated carbocycles. The number of amidine groups is 1. The summed E-state index contributed by atoms with van der Waals surface area (Å²) in [5.41, 5.74) is 4.38. The van der Waals surface area contributed by atoms with Gasteiger partial charge in [-0.05, 0) is 36.1 Å². The highest BCUT2D eigenvalue weighted by molar-refractivity contribution is 6.08. The van der Waals surface area contributed by atoms with E-state index in [1.54, 1.807) is 26.5 Å². The molecule has 1 amide bonds. The minimum Gasteiger partial charge on any atom is -0.496 e. The summed E-state index contributed by atoms with van der Waals surface area (Å²) in [5.74, 6) is 1.40. The molecule has 2 aliphatic rings. The molecule has 3 heterocycles. The maximum absolute atomic E-state index is 12.8. The van der Waals surface area contributed by atoms with Crippen molar-refractivity contribution in [1.29, 1.82) is 0 Å². The van der Waals surface area contributed by atoms with Gasteiger partial charge in [-0.2, -0.15) is 0 Å². The lowest BCUT2D eigenvalue weighted by Gasteiger charge is -2.28. The third-order valence-corrected chi connectivity index (χ3v) is 5.98. The van der Waals surface area contributed by atoms with Crippen molar-refractivity contribution in [2.75, 3.05) is 52.0 Å². The van der Waals surface area contributed by atoms with E-state index in [0.29, 0.717) is 37.8 Å². The van der Waals surface area contributed by atoms with E-state index < -0.39 is 0 Å². The molecule has 0 bridgehead atoms. The van der Waals surface area contributed by atoms with Crippen molar-refractivity contribution in [3.05, 3.63) is 47.3 Å². The second kappa shape index (κ2) is 10.1. The molecule has 8 heteroatoms. The number of ether oxygens (including phenoxy) is 3. The van der Waals surface area contributed by atoms with Gasteiger partial charge < -0.3 is 24.4 Å². The minimum atomic E-state index is -0.266. The minimum absolute atomic E-state index is 0.266. The summed E-state index contributed by atoms with van der Waals surface area (Å²) in [5, 5.41) is 2.94. The van der Waals surface area contributed by atoms with Crippen LogP contribution < -0.4 is 15.0 Å². The number of benzene rings is 1. The fourth-order valence-electron chi connectivity index (χ4n) is 4.12. The Morgan fingerprint density at radius 2 is 2.03 bits per heavy atom. The molecule has 2 aliphatic heterocycles. The van der Waals surface area contributed by atoms with Gasteiger partial charge in [-0.15, -0.1) is 0 Å². The van der Waals surface area contributed by atoms with Crippen molar-refractivity contribution in [3.63, 3.8) is 0 Å². The Morgan fingerprint density at radius 3 is 2.72 bits per heavy atom. The summed E-state index contributed by atoms with van der Waals surface area (Å²) in [4.78, 5) is 24.2. The van der Waals surface area contributed by atoms with Gasteiger partial charge in [0.05, 0.1) is 37.9 Å². The van der Waals surface area contributed by atoms with Crippen LogP contribution in [0.15, 0.2) is 35.5 Å². The monoisotopic (exact) mass is 438 g/mol. The summed E-state index contributed by atoms with van der Waals surface area (Å²) in [6.45, 7) is 5.91. The van der Waals surface area contributed by atoms with Crippen LogP contribution in [-0.2, 0) is 15.9 Å². The van der Waals surface area contributed by atoms with E-state index in [9.17, 15) is 4.79 Å². The Morgan fingerprint density at radius 1 is 1.22 bits per heavy atom. The lowest BCUT2D eigenvalue weighted by Crippen LogP contribution is -2.36. The molecule has 32 heavy (non-hydrogen) atoms. The molecule has 1 aromatic carbocycles. The van der Waals surface area contributed by atoms with E-state index in [4.69, 9.17) is 19.2 Å². The van der Waals surface area contributed by atoms with E-state index >= 15 is 0 Å². The molecule has 0 spiro atoms. The van der Waals surface area contributed by atoms with Gasteiger partial charge in [0.1, 0.15) is 17.3 Å². The van der Waals surface area contributed by atoms with Gasteiger partial charge in [0.15, 0.2) is 0 Å². The number of morpholine rings is 1. The molecule has 1 N–H and O–H groups in total. The van der Waals surface area contributed by atoms with Gasteiger partial charge in [0, 0.05) is 38.8 Å². The third-order valence-electron chi connectivity index (χ3n) is 5.98. The highest BCUT2D eigenvalue weighted by Gasteiger charge is 2.25. The molecule has 1 atom stereocenters. The van der Waals surface area contributed by atoms with Crippen LogP contribution in [0.3, 0.4) is 0 Å². The van der Waals surface area contributed by atoms with Crippen molar-refractivity contribution in [2.45, 2.75) is 25.7 Å². The molecule has 0 aliphatic carbocycles. The van der Waals surface area contributed by atoms with Crippen molar-refractivity contribution in [2.24, 2.45) is 4.99 Å². The lowest BCUT2D eigenvalue weighted by atomic mass is 9.93. The zero-order chi connectivity index (χ0) is 22.5. The van der Waals surface area contributed by atoms with Gasteiger partial charge in [0.25, 0.3) is 5.91 Å². The molecule has 4 rings (SSSR count).